The zero-order valence-corrected chi connectivity index (χ0v) is 12.7. The van der Waals surface area contributed by atoms with Gasteiger partial charge < -0.3 is 10.2 Å². The molecular formula is C15H19BrN2O. The fourth-order valence-electron chi connectivity index (χ4n) is 2.72. The van der Waals surface area contributed by atoms with E-state index < -0.39 is 0 Å². The van der Waals surface area contributed by atoms with Gasteiger partial charge in [-0.3, -0.25) is 4.79 Å². The van der Waals surface area contributed by atoms with Crippen LogP contribution in [0.4, 0.5) is 0 Å². The Hall–Kier alpha value is -0.870. The van der Waals surface area contributed by atoms with E-state index in [1.807, 2.05) is 17.0 Å². The van der Waals surface area contributed by atoms with Crippen molar-refractivity contribution in [1.82, 2.24) is 10.2 Å². The average molecular weight is 323 g/mol. The molecule has 1 aliphatic heterocycles. The molecule has 1 aromatic rings. The minimum atomic E-state index is 0.0436. The zero-order chi connectivity index (χ0) is 13.4. The first kappa shape index (κ1) is 13.1. The number of likely N-dealkylation sites (tertiary alicyclic amines) is 1. The molecule has 1 N–H and O–H groups in total. The predicted octanol–water partition coefficient (Wildman–Crippen LogP) is 2.86. The maximum atomic E-state index is 12.4. The summed E-state index contributed by atoms with van der Waals surface area (Å²) in [5.41, 5.74) is 1.19. The number of carbonyl (C=O) groups is 1. The normalized spacial score (nSPS) is 24.8. The predicted molar refractivity (Wildman–Crippen MR) is 78.8 cm³/mol. The summed E-state index contributed by atoms with van der Waals surface area (Å²) in [5.74, 6) is 0.263. The highest BCUT2D eigenvalue weighted by Crippen LogP contribution is 2.29. The number of rotatable bonds is 4. The maximum Gasteiger partial charge on any atom is 0.240 e. The Morgan fingerprint density at radius 2 is 2.16 bits per heavy atom. The molecule has 2 unspecified atom stereocenters. The molecule has 0 bridgehead atoms. The van der Waals surface area contributed by atoms with Gasteiger partial charge in [0.2, 0.25) is 5.91 Å². The fraction of sp³-hybridized carbons (Fsp3) is 0.533. The van der Waals surface area contributed by atoms with Crippen LogP contribution < -0.4 is 5.32 Å². The molecule has 3 nitrogen and oxygen atoms in total. The van der Waals surface area contributed by atoms with Crippen molar-refractivity contribution in [3.63, 3.8) is 0 Å². The van der Waals surface area contributed by atoms with E-state index in [2.05, 4.69) is 40.3 Å². The largest absolute Gasteiger partial charge is 0.335 e. The highest BCUT2D eigenvalue weighted by molar-refractivity contribution is 9.10. The van der Waals surface area contributed by atoms with E-state index in [4.69, 9.17) is 0 Å². The summed E-state index contributed by atoms with van der Waals surface area (Å²) in [6.45, 7) is 2.97. The van der Waals surface area contributed by atoms with Gasteiger partial charge in [-0.25, -0.2) is 0 Å². The molecule has 0 radical (unpaired) electrons. The van der Waals surface area contributed by atoms with Gasteiger partial charge in [-0.2, -0.15) is 0 Å². The van der Waals surface area contributed by atoms with E-state index in [0.29, 0.717) is 6.04 Å². The summed E-state index contributed by atoms with van der Waals surface area (Å²) in [7, 11) is 0. The summed E-state index contributed by atoms with van der Waals surface area (Å²) in [6, 6.07) is 9.01. The second-order valence-corrected chi connectivity index (χ2v) is 6.46. The standard InChI is InChI=1S/C15H19BrN2O/c1-10(11-3-2-4-12(16)9-11)18-8-7-14(15(18)19)17-13-5-6-13/h2-4,9-10,13-14,17H,5-8H2,1H3. The first-order chi connectivity index (χ1) is 9.15. The number of amides is 1. The van der Waals surface area contributed by atoms with Crippen LogP contribution in [0.15, 0.2) is 28.7 Å². The highest BCUT2D eigenvalue weighted by atomic mass is 79.9. The molecule has 0 spiro atoms. The lowest BCUT2D eigenvalue weighted by Crippen LogP contribution is -2.40. The average Bonchev–Trinajstić information content (AvgIpc) is 3.14. The first-order valence-electron chi connectivity index (χ1n) is 6.97. The van der Waals surface area contributed by atoms with Gasteiger partial charge in [0.15, 0.2) is 0 Å². The van der Waals surface area contributed by atoms with Crippen LogP contribution >= 0.6 is 15.9 Å². The maximum absolute atomic E-state index is 12.4. The third-order valence-electron chi connectivity index (χ3n) is 4.05. The third kappa shape index (κ3) is 2.84. The number of hydrogen-bond donors (Lipinski definition) is 1. The van der Waals surface area contributed by atoms with Crippen molar-refractivity contribution in [2.75, 3.05) is 6.54 Å². The van der Waals surface area contributed by atoms with E-state index in [0.717, 1.165) is 17.4 Å². The second-order valence-electron chi connectivity index (χ2n) is 5.54. The Labute approximate surface area is 122 Å². The van der Waals surface area contributed by atoms with Crippen molar-refractivity contribution in [2.45, 2.75) is 44.3 Å². The Kier molecular flexibility index (Phi) is 3.63. The van der Waals surface area contributed by atoms with Gasteiger partial charge in [-0.1, -0.05) is 28.1 Å². The molecule has 1 saturated carbocycles. The van der Waals surface area contributed by atoms with Crippen LogP contribution in [-0.4, -0.2) is 29.4 Å². The summed E-state index contributed by atoms with van der Waals surface area (Å²) >= 11 is 3.49. The van der Waals surface area contributed by atoms with Crippen LogP contribution in [0.2, 0.25) is 0 Å². The molecule has 1 aliphatic carbocycles. The van der Waals surface area contributed by atoms with E-state index in [1.165, 1.54) is 18.4 Å². The van der Waals surface area contributed by atoms with Gasteiger partial charge in [-0.15, -0.1) is 0 Å². The molecule has 2 atom stereocenters. The molecule has 2 aliphatic rings. The summed E-state index contributed by atoms with van der Waals surface area (Å²) < 4.78 is 1.07. The van der Waals surface area contributed by atoms with E-state index in [-0.39, 0.29) is 18.0 Å². The molecule has 1 amide bonds. The molecule has 102 valence electrons. The number of nitrogens with one attached hydrogen (secondary N) is 1. The number of carbonyl (C=O) groups excluding carboxylic acids is 1. The number of benzene rings is 1. The quantitative estimate of drug-likeness (QED) is 0.924. The molecule has 0 aromatic heterocycles. The number of nitrogens with zero attached hydrogens (tertiary/aromatic N) is 1. The van der Waals surface area contributed by atoms with Gasteiger partial charge in [-0.05, 0) is 43.9 Å². The van der Waals surface area contributed by atoms with Crippen molar-refractivity contribution >= 4 is 21.8 Å². The van der Waals surface area contributed by atoms with E-state index in [9.17, 15) is 4.79 Å². The lowest BCUT2D eigenvalue weighted by molar-refractivity contribution is -0.131. The third-order valence-corrected chi connectivity index (χ3v) is 4.55. The monoisotopic (exact) mass is 322 g/mol. The Bertz CT molecular complexity index is 487. The highest BCUT2D eigenvalue weighted by Gasteiger charge is 2.37. The fourth-order valence-corrected chi connectivity index (χ4v) is 3.14. The van der Waals surface area contributed by atoms with Crippen molar-refractivity contribution in [3.8, 4) is 0 Å². The van der Waals surface area contributed by atoms with Crippen LogP contribution in [0.5, 0.6) is 0 Å². The smallest absolute Gasteiger partial charge is 0.240 e. The van der Waals surface area contributed by atoms with E-state index >= 15 is 0 Å². The van der Waals surface area contributed by atoms with Crippen molar-refractivity contribution in [3.05, 3.63) is 34.3 Å². The van der Waals surface area contributed by atoms with Crippen molar-refractivity contribution < 1.29 is 4.79 Å². The van der Waals surface area contributed by atoms with Crippen LogP contribution in [0.25, 0.3) is 0 Å². The van der Waals surface area contributed by atoms with Crippen LogP contribution in [0.3, 0.4) is 0 Å². The lowest BCUT2D eigenvalue weighted by Gasteiger charge is -2.25. The van der Waals surface area contributed by atoms with E-state index in [1.54, 1.807) is 0 Å². The lowest BCUT2D eigenvalue weighted by atomic mass is 10.1. The minimum absolute atomic E-state index is 0.0436. The number of hydrogen-bond acceptors (Lipinski definition) is 2. The Morgan fingerprint density at radius 3 is 2.84 bits per heavy atom. The summed E-state index contributed by atoms with van der Waals surface area (Å²) in [6.07, 6.45) is 3.39. The minimum Gasteiger partial charge on any atom is -0.335 e. The summed E-state index contributed by atoms with van der Waals surface area (Å²) in [4.78, 5) is 14.4. The van der Waals surface area contributed by atoms with Gasteiger partial charge in [0.05, 0.1) is 12.1 Å². The molecule has 4 heteroatoms. The van der Waals surface area contributed by atoms with Gasteiger partial charge in [0.25, 0.3) is 0 Å². The van der Waals surface area contributed by atoms with Crippen LogP contribution in [-0.2, 0) is 4.79 Å². The van der Waals surface area contributed by atoms with Crippen molar-refractivity contribution in [1.29, 1.82) is 0 Å². The van der Waals surface area contributed by atoms with Gasteiger partial charge in [0.1, 0.15) is 0 Å². The Morgan fingerprint density at radius 1 is 1.37 bits per heavy atom. The molecule has 19 heavy (non-hydrogen) atoms. The summed E-state index contributed by atoms with van der Waals surface area (Å²) in [5, 5.41) is 3.45. The van der Waals surface area contributed by atoms with Crippen molar-refractivity contribution in [2.24, 2.45) is 0 Å². The topological polar surface area (TPSA) is 32.3 Å². The SMILES string of the molecule is CC(c1cccc(Br)c1)N1CCC(NC2CC2)C1=O. The Balaban J connectivity index is 1.70. The van der Waals surface area contributed by atoms with Crippen LogP contribution in [0.1, 0.15) is 37.8 Å². The first-order valence-corrected chi connectivity index (χ1v) is 7.76. The van der Waals surface area contributed by atoms with Gasteiger partial charge in [0, 0.05) is 17.1 Å². The molecule has 2 fully saturated rings. The number of halogens is 1. The molecular weight excluding hydrogens is 304 g/mol. The molecule has 3 rings (SSSR count). The second kappa shape index (κ2) is 5.25. The van der Waals surface area contributed by atoms with Gasteiger partial charge >= 0.3 is 0 Å². The molecule has 1 heterocycles. The molecule has 1 aromatic carbocycles. The zero-order valence-electron chi connectivity index (χ0n) is 11.1. The molecule has 1 saturated heterocycles. The van der Waals surface area contributed by atoms with Crippen LogP contribution in [0, 0.1) is 0 Å².